The number of fused-ring (bicyclic) bond motifs is 1. The van der Waals surface area contributed by atoms with Crippen LogP contribution in [0.2, 0.25) is 0 Å². The molecule has 0 aliphatic heterocycles. The highest BCUT2D eigenvalue weighted by Gasteiger charge is 2.22. The van der Waals surface area contributed by atoms with Gasteiger partial charge >= 0.3 is 0 Å². The number of rotatable bonds is 5. The van der Waals surface area contributed by atoms with Crippen LogP contribution in [0.3, 0.4) is 0 Å². The van der Waals surface area contributed by atoms with Crippen LogP contribution in [-0.2, 0) is 0 Å². The van der Waals surface area contributed by atoms with Crippen molar-refractivity contribution in [3.8, 4) is 5.75 Å². The van der Waals surface area contributed by atoms with E-state index in [-0.39, 0.29) is 5.91 Å². The molecule has 0 aliphatic carbocycles. The van der Waals surface area contributed by atoms with Crippen molar-refractivity contribution in [3.05, 3.63) is 54.1 Å². The molecule has 124 valence electrons. The van der Waals surface area contributed by atoms with Gasteiger partial charge in [0.05, 0.1) is 17.3 Å². The number of hydrogen-bond acceptors (Lipinski definition) is 4. The van der Waals surface area contributed by atoms with Gasteiger partial charge in [0.2, 0.25) is 0 Å². The van der Waals surface area contributed by atoms with E-state index in [9.17, 15) is 4.79 Å². The zero-order valence-corrected chi connectivity index (χ0v) is 14.8. The Labute approximate surface area is 145 Å². The van der Waals surface area contributed by atoms with Crippen molar-refractivity contribution in [1.29, 1.82) is 0 Å². The van der Waals surface area contributed by atoms with Crippen LogP contribution in [0.5, 0.6) is 5.75 Å². The Hall–Kier alpha value is -2.40. The van der Waals surface area contributed by atoms with Crippen molar-refractivity contribution in [2.75, 3.05) is 18.6 Å². The predicted molar refractivity (Wildman–Crippen MR) is 99.1 cm³/mol. The number of carbonyl (C=O) groups is 1. The number of hydrogen-bond donors (Lipinski definition) is 0. The van der Waals surface area contributed by atoms with Gasteiger partial charge in [-0.3, -0.25) is 9.69 Å². The van der Waals surface area contributed by atoms with E-state index in [0.717, 1.165) is 21.1 Å². The van der Waals surface area contributed by atoms with Crippen LogP contribution in [-0.4, -0.2) is 24.5 Å². The second kappa shape index (κ2) is 7.01. The molecule has 1 amide bonds. The van der Waals surface area contributed by atoms with Gasteiger partial charge in [-0.1, -0.05) is 37.3 Å². The van der Waals surface area contributed by atoms with Crippen molar-refractivity contribution in [2.24, 2.45) is 5.92 Å². The van der Waals surface area contributed by atoms with E-state index < -0.39 is 0 Å². The third-order valence-corrected chi connectivity index (χ3v) is 4.70. The normalized spacial score (nSPS) is 11.0. The van der Waals surface area contributed by atoms with E-state index in [2.05, 4.69) is 18.8 Å². The minimum atomic E-state index is -0.0367. The fraction of sp³-hybridized carbons (Fsp3) is 0.263. The van der Waals surface area contributed by atoms with E-state index in [1.165, 1.54) is 0 Å². The average Bonchev–Trinajstić information content (AvgIpc) is 3.03. The molecule has 0 saturated carbocycles. The lowest BCUT2D eigenvalue weighted by molar-refractivity contribution is 0.0984. The molecule has 2 aromatic carbocycles. The van der Waals surface area contributed by atoms with Gasteiger partial charge in [-0.05, 0) is 42.3 Å². The van der Waals surface area contributed by atoms with Crippen LogP contribution in [0.4, 0.5) is 5.13 Å². The molecule has 3 aromatic rings. The molecule has 0 aliphatic rings. The number of aromatic nitrogens is 1. The van der Waals surface area contributed by atoms with Gasteiger partial charge in [-0.25, -0.2) is 4.98 Å². The molecule has 0 unspecified atom stereocenters. The monoisotopic (exact) mass is 340 g/mol. The standard InChI is InChI=1S/C19H20N2O2S/c1-13(2)12-21(18(22)14-8-10-15(23-3)11-9-14)19-20-16-6-4-5-7-17(16)24-19/h4-11,13H,12H2,1-3H3. The minimum Gasteiger partial charge on any atom is -0.497 e. The summed E-state index contributed by atoms with van der Waals surface area (Å²) in [6, 6.07) is 15.1. The van der Waals surface area contributed by atoms with Crippen molar-refractivity contribution in [3.63, 3.8) is 0 Å². The Morgan fingerprint density at radius 1 is 1.17 bits per heavy atom. The lowest BCUT2D eigenvalue weighted by atomic mass is 10.1. The first-order valence-electron chi connectivity index (χ1n) is 7.90. The highest BCUT2D eigenvalue weighted by molar-refractivity contribution is 7.22. The molecule has 1 heterocycles. The Morgan fingerprint density at radius 2 is 1.88 bits per heavy atom. The lowest BCUT2D eigenvalue weighted by Crippen LogP contribution is -2.34. The number of carbonyl (C=O) groups excluding carboxylic acids is 1. The predicted octanol–water partition coefficient (Wildman–Crippen LogP) is 4.61. The summed E-state index contributed by atoms with van der Waals surface area (Å²) in [4.78, 5) is 19.4. The Kier molecular flexibility index (Phi) is 4.81. The van der Waals surface area contributed by atoms with Crippen LogP contribution in [0.15, 0.2) is 48.5 Å². The summed E-state index contributed by atoms with van der Waals surface area (Å²) in [7, 11) is 1.61. The van der Waals surface area contributed by atoms with Crippen molar-refractivity contribution < 1.29 is 9.53 Å². The molecular formula is C19H20N2O2S. The number of amides is 1. The molecule has 0 N–H and O–H groups in total. The molecule has 4 nitrogen and oxygen atoms in total. The topological polar surface area (TPSA) is 42.4 Å². The molecule has 5 heteroatoms. The van der Waals surface area contributed by atoms with Gasteiger partial charge in [0.15, 0.2) is 5.13 Å². The number of benzene rings is 2. The van der Waals surface area contributed by atoms with Gasteiger partial charge in [0.25, 0.3) is 5.91 Å². The number of methoxy groups -OCH3 is 1. The maximum Gasteiger partial charge on any atom is 0.260 e. The Balaban J connectivity index is 1.96. The number of nitrogens with zero attached hydrogens (tertiary/aromatic N) is 2. The highest BCUT2D eigenvalue weighted by Crippen LogP contribution is 2.30. The molecule has 24 heavy (non-hydrogen) atoms. The molecular weight excluding hydrogens is 320 g/mol. The number of anilines is 1. The van der Waals surface area contributed by atoms with E-state index >= 15 is 0 Å². The van der Waals surface area contributed by atoms with Crippen molar-refractivity contribution in [1.82, 2.24) is 4.98 Å². The first-order chi connectivity index (χ1) is 11.6. The number of ether oxygens (including phenoxy) is 1. The molecule has 0 bridgehead atoms. The van der Waals surface area contributed by atoms with Crippen LogP contribution < -0.4 is 9.64 Å². The third kappa shape index (κ3) is 3.41. The molecule has 0 spiro atoms. The first kappa shape index (κ1) is 16.5. The average molecular weight is 340 g/mol. The Bertz CT molecular complexity index is 807. The van der Waals surface area contributed by atoms with Gasteiger partial charge < -0.3 is 4.74 Å². The molecule has 0 saturated heterocycles. The first-order valence-corrected chi connectivity index (χ1v) is 8.71. The number of thiazole rings is 1. The van der Waals surface area contributed by atoms with Gasteiger partial charge in [-0.15, -0.1) is 0 Å². The zero-order valence-electron chi connectivity index (χ0n) is 14.0. The largest absolute Gasteiger partial charge is 0.497 e. The second-order valence-corrected chi connectivity index (χ2v) is 7.01. The van der Waals surface area contributed by atoms with E-state index in [4.69, 9.17) is 4.74 Å². The van der Waals surface area contributed by atoms with Crippen LogP contribution in [0, 0.1) is 5.92 Å². The SMILES string of the molecule is COc1ccc(C(=O)N(CC(C)C)c2nc3ccccc3s2)cc1. The van der Waals surface area contributed by atoms with Crippen molar-refractivity contribution >= 4 is 32.6 Å². The maximum atomic E-state index is 13.0. The molecule has 0 atom stereocenters. The minimum absolute atomic E-state index is 0.0367. The van der Waals surface area contributed by atoms with E-state index in [0.29, 0.717) is 18.0 Å². The van der Waals surface area contributed by atoms with E-state index in [1.807, 2.05) is 24.3 Å². The fourth-order valence-corrected chi connectivity index (χ4v) is 3.45. The summed E-state index contributed by atoms with van der Waals surface area (Å²) < 4.78 is 6.25. The summed E-state index contributed by atoms with van der Waals surface area (Å²) in [5.74, 6) is 1.05. The maximum absolute atomic E-state index is 13.0. The van der Waals surface area contributed by atoms with Crippen LogP contribution >= 0.6 is 11.3 Å². The summed E-state index contributed by atoms with van der Waals surface area (Å²) >= 11 is 1.55. The smallest absolute Gasteiger partial charge is 0.260 e. The molecule has 0 radical (unpaired) electrons. The Morgan fingerprint density at radius 3 is 2.50 bits per heavy atom. The summed E-state index contributed by atoms with van der Waals surface area (Å²) in [6.45, 7) is 4.83. The molecule has 3 rings (SSSR count). The summed E-state index contributed by atoms with van der Waals surface area (Å²) in [6.07, 6.45) is 0. The van der Waals surface area contributed by atoms with Gasteiger partial charge in [-0.2, -0.15) is 0 Å². The van der Waals surface area contributed by atoms with Gasteiger partial charge in [0, 0.05) is 12.1 Å². The van der Waals surface area contributed by atoms with E-state index in [1.54, 1.807) is 47.6 Å². The number of para-hydroxylation sites is 1. The summed E-state index contributed by atoms with van der Waals surface area (Å²) in [5.41, 5.74) is 1.56. The zero-order chi connectivity index (χ0) is 17.1. The second-order valence-electron chi connectivity index (χ2n) is 6.00. The lowest BCUT2D eigenvalue weighted by Gasteiger charge is -2.22. The molecule has 0 fully saturated rings. The highest BCUT2D eigenvalue weighted by atomic mass is 32.1. The van der Waals surface area contributed by atoms with Gasteiger partial charge in [0.1, 0.15) is 5.75 Å². The third-order valence-electron chi connectivity index (χ3n) is 3.64. The summed E-state index contributed by atoms with van der Waals surface area (Å²) in [5, 5.41) is 0.741. The molecule has 1 aromatic heterocycles. The fourth-order valence-electron chi connectivity index (χ4n) is 2.48. The van der Waals surface area contributed by atoms with Crippen LogP contribution in [0.1, 0.15) is 24.2 Å². The van der Waals surface area contributed by atoms with Crippen LogP contribution in [0.25, 0.3) is 10.2 Å². The van der Waals surface area contributed by atoms with Crippen molar-refractivity contribution in [2.45, 2.75) is 13.8 Å². The quantitative estimate of drug-likeness (QED) is 0.681.